The van der Waals surface area contributed by atoms with Gasteiger partial charge in [-0.2, -0.15) is 5.26 Å². The van der Waals surface area contributed by atoms with E-state index >= 15 is 0 Å². The number of hydrogen-bond acceptors (Lipinski definition) is 3. The van der Waals surface area contributed by atoms with Gasteiger partial charge in [0, 0.05) is 18.7 Å². The highest BCUT2D eigenvalue weighted by Gasteiger charge is 2.12. The van der Waals surface area contributed by atoms with E-state index < -0.39 is 22.8 Å². The highest BCUT2D eigenvalue weighted by Crippen LogP contribution is 2.20. The van der Waals surface area contributed by atoms with Crippen LogP contribution < -0.4 is 10.3 Å². The monoisotopic (exact) mass is 342 g/mol. The Morgan fingerprint density at radius 3 is 2.28 bits per heavy atom. The van der Waals surface area contributed by atoms with E-state index in [1.807, 2.05) is 6.07 Å². The Labute approximate surface area is 144 Å². The molecule has 0 spiro atoms. The molecule has 0 aliphatic rings. The summed E-state index contributed by atoms with van der Waals surface area (Å²) in [5.41, 5.74) is -0.0841. The molecule has 1 aromatic carbocycles. The molecule has 0 saturated carbocycles. The first-order chi connectivity index (χ1) is 11.9. The van der Waals surface area contributed by atoms with E-state index in [4.69, 9.17) is 10.00 Å². The lowest BCUT2D eigenvalue weighted by atomic mass is 10.1. The summed E-state index contributed by atoms with van der Waals surface area (Å²) in [5.74, 6) is 3.47. The number of hydrogen-bond donors (Lipinski definition) is 0. The number of aryl methyl sites for hydroxylation is 1. The average Bonchev–Trinajstić information content (AvgIpc) is 2.54. The summed E-state index contributed by atoms with van der Waals surface area (Å²) in [4.78, 5) is 12.2. The smallest absolute Gasteiger partial charge is 0.269 e. The van der Waals surface area contributed by atoms with Crippen molar-refractivity contribution in [3.8, 4) is 23.7 Å². The Balaban J connectivity index is 2.57. The molecule has 25 heavy (non-hydrogen) atoms. The number of benzene rings is 1. The van der Waals surface area contributed by atoms with Crippen molar-refractivity contribution in [3.05, 3.63) is 62.6 Å². The third kappa shape index (κ3) is 3.70. The molecule has 0 radical (unpaired) electrons. The van der Waals surface area contributed by atoms with Gasteiger partial charge in [0.1, 0.15) is 29.0 Å². The van der Waals surface area contributed by atoms with Crippen LogP contribution in [0.3, 0.4) is 0 Å². The molecule has 0 unspecified atom stereocenters. The van der Waals surface area contributed by atoms with Crippen molar-refractivity contribution in [1.82, 2.24) is 4.57 Å². The fourth-order valence-electron chi connectivity index (χ4n) is 2.37. The number of rotatable bonds is 3. The molecule has 0 aliphatic carbocycles. The molecule has 0 saturated heterocycles. The lowest BCUT2D eigenvalue weighted by Gasteiger charge is -2.08. The molecular formula is C19H16F2N2O2. The van der Waals surface area contributed by atoms with Crippen LogP contribution in [0, 0.1) is 41.7 Å². The zero-order valence-electron chi connectivity index (χ0n) is 14.1. The van der Waals surface area contributed by atoms with E-state index in [2.05, 4.69) is 11.8 Å². The average molecular weight is 342 g/mol. The number of pyridine rings is 1. The van der Waals surface area contributed by atoms with E-state index in [0.29, 0.717) is 5.56 Å². The van der Waals surface area contributed by atoms with Crippen molar-refractivity contribution >= 4 is 0 Å². The second-order valence-corrected chi connectivity index (χ2v) is 5.19. The minimum atomic E-state index is -0.841. The summed E-state index contributed by atoms with van der Waals surface area (Å²) < 4.78 is 34.5. The van der Waals surface area contributed by atoms with Crippen molar-refractivity contribution in [1.29, 1.82) is 5.26 Å². The predicted molar refractivity (Wildman–Crippen MR) is 89.3 cm³/mol. The molecule has 0 aliphatic heterocycles. The SMILES string of the molecule is CCOc1cc(F)c(C#Cc2cc(C)c(C#N)c(=O)n2CC)c(F)c1. The normalized spacial score (nSPS) is 9.92. The molecule has 0 amide bonds. The number of halogens is 2. The maximum Gasteiger partial charge on any atom is 0.269 e. The molecule has 0 fully saturated rings. The molecule has 1 aromatic heterocycles. The van der Waals surface area contributed by atoms with Crippen LogP contribution in [-0.2, 0) is 6.54 Å². The van der Waals surface area contributed by atoms with Gasteiger partial charge in [0.05, 0.1) is 17.9 Å². The van der Waals surface area contributed by atoms with Gasteiger partial charge < -0.3 is 9.30 Å². The van der Waals surface area contributed by atoms with Crippen LogP contribution in [-0.4, -0.2) is 11.2 Å². The summed E-state index contributed by atoms with van der Waals surface area (Å²) in [6, 6.07) is 5.54. The van der Waals surface area contributed by atoms with Gasteiger partial charge >= 0.3 is 0 Å². The van der Waals surface area contributed by atoms with Gasteiger partial charge in [-0.05, 0) is 38.3 Å². The molecule has 6 heteroatoms. The fraction of sp³-hybridized carbons (Fsp3) is 0.263. The quantitative estimate of drug-likeness (QED) is 0.806. The standard InChI is InChI=1S/C19H16F2N2O2/c1-4-23-13(8-12(3)16(11-22)19(23)24)6-7-15-17(20)9-14(25-5-2)10-18(15)21/h8-10H,4-5H2,1-3H3. The molecular weight excluding hydrogens is 326 g/mol. The molecule has 0 N–H and O–H groups in total. The molecule has 0 atom stereocenters. The number of nitriles is 1. The third-order valence-corrected chi connectivity index (χ3v) is 3.57. The second kappa shape index (κ2) is 7.63. The Morgan fingerprint density at radius 2 is 1.76 bits per heavy atom. The molecule has 2 rings (SSSR count). The van der Waals surface area contributed by atoms with Crippen molar-refractivity contribution in [2.45, 2.75) is 27.3 Å². The largest absolute Gasteiger partial charge is 0.494 e. The van der Waals surface area contributed by atoms with E-state index in [1.54, 1.807) is 26.8 Å². The zero-order valence-corrected chi connectivity index (χ0v) is 14.1. The van der Waals surface area contributed by atoms with Gasteiger partial charge in [-0.15, -0.1) is 0 Å². The lowest BCUT2D eigenvalue weighted by molar-refractivity contribution is 0.335. The first kappa shape index (κ1) is 18.2. The van der Waals surface area contributed by atoms with Gasteiger partial charge in [0.25, 0.3) is 5.56 Å². The van der Waals surface area contributed by atoms with E-state index in [1.165, 1.54) is 4.57 Å². The molecule has 128 valence electrons. The summed E-state index contributed by atoms with van der Waals surface area (Å²) in [6.07, 6.45) is 0. The fourth-order valence-corrected chi connectivity index (χ4v) is 2.37. The van der Waals surface area contributed by atoms with Crippen molar-refractivity contribution in [2.75, 3.05) is 6.61 Å². The number of aromatic nitrogens is 1. The first-order valence-corrected chi connectivity index (χ1v) is 7.71. The summed E-state index contributed by atoms with van der Waals surface area (Å²) >= 11 is 0. The third-order valence-electron chi connectivity index (χ3n) is 3.57. The van der Waals surface area contributed by atoms with Crippen LogP contribution in [0.2, 0.25) is 0 Å². The van der Waals surface area contributed by atoms with Gasteiger partial charge in [0.2, 0.25) is 0 Å². The zero-order chi connectivity index (χ0) is 18.6. The highest BCUT2D eigenvalue weighted by atomic mass is 19.1. The maximum atomic E-state index is 14.1. The summed E-state index contributed by atoms with van der Waals surface area (Å²) in [5, 5.41) is 9.05. The van der Waals surface area contributed by atoms with Crippen LogP contribution >= 0.6 is 0 Å². The highest BCUT2D eigenvalue weighted by molar-refractivity contribution is 5.47. The minimum absolute atomic E-state index is 0.0332. The van der Waals surface area contributed by atoms with Crippen LogP contribution in [0.5, 0.6) is 5.75 Å². The Hall–Kier alpha value is -3.12. The molecule has 0 bridgehead atoms. The predicted octanol–water partition coefficient (Wildman–Crippen LogP) is 3.13. The Bertz CT molecular complexity index is 953. The van der Waals surface area contributed by atoms with Gasteiger partial charge in [-0.1, -0.05) is 5.92 Å². The minimum Gasteiger partial charge on any atom is -0.494 e. The Kier molecular flexibility index (Phi) is 5.56. The summed E-state index contributed by atoms with van der Waals surface area (Å²) in [6.45, 7) is 5.62. The van der Waals surface area contributed by atoms with Crippen LogP contribution in [0.1, 0.15) is 36.2 Å². The number of nitrogens with zero attached hydrogens (tertiary/aromatic N) is 2. The first-order valence-electron chi connectivity index (χ1n) is 7.71. The molecule has 1 heterocycles. The van der Waals surface area contributed by atoms with Gasteiger partial charge in [-0.3, -0.25) is 4.79 Å². The lowest BCUT2D eigenvalue weighted by Crippen LogP contribution is -2.25. The molecule has 2 aromatic rings. The van der Waals surface area contributed by atoms with E-state index in [9.17, 15) is 13.6 Å². The van der Waals surface area contributed by atoms with Crippen LogP contribution in [0.4, 0.5) is 8.78 Å². The van der Waals surface area contributed by atoms with E-state index in [-0.39, 0.29) is 30.2 Å². The topological polar surface area (TPSA) is 55.0 Å². The summed E-state index contributed by atoms with van der Waals surface area (Å²) in [7, 11) is 0. The number of ether oxygens (including phenoxy) is 1. The van der Waals surface area contributed by atoms with Crippen molar-refractivity contribution in [3.63, 3.8) is 0 Å². The van der Waals surface area contributed by atoms with Crippen molar-refractivity contribution < 1.29 is 13.5 Å². The van der Waals surface area contributed by atoms with Crippen molar-refractivity contribution in [2.24, 2.45) is 0 Å². The van der Waals surface area contributed by atoms with E-state index in [0.717, 1.165) is 12.1 Å². The van der Waals surface area contributed by atoms with Crippen LogP contribution in [0.25, 0.3) is 0 Å². The second-order valence-electron chi connectivity index (χ2n) is 5.19. The van der Waals surface area contributed by atoms with Crippen LogP contribution in [0.15, 0.2) is 23.0 Å². The van der Waals surface area contributed by atoms with Gasteiger partial charge in [0.15, 0.2) is 0 Å². The van der Waals surface area contributed by atoms with Gasteiger partial charge in [-0.25, -0.2) is 8.78 Å². The Morgan fingerprint density at radius 1 is 1.12 bits per heavy atom. The molecule has 4 nitrogen and oxygen atoms in total. The maximum absolute atomic E-state index is 14.1.